The number of ether oxygens (including phenoxy) is 2. The summed E-state index contributed by atoms with van der Waals surface area (Å²) in [7, 11) is 0. The lowest BCUT2D eigenvalue weighted by Crippen LogP contribution is -2.05. The number of benzene rings is 2. The second-order valence-corrected chi connectivity index (χ2v) is 4.61. The summed E-state index contributed by atoms with van der Waals surface area (Å²) in [5.41, 5.74) is 6.31. The maximum Gasteiger partial charge on any atom is 0.142 e. The first-order valence-corrected chi connectivity index (χ1v) is 6.59. The van der Waals surface area contributed by atoms with E-state index in [1.54, 1.807) is 18.2 Å². The Balaban J connectivity index is 1.70. The Morgan fingerprint density at radius 2 is 1.70 bits per heavy atom. The molecule has 0 unspecified atom stereocenters. The summed E-state index contributed by atoms with van der Waals surface area (Å²) in [5.74, 6) is 0.819. The molecule has 0 spiro atoms. The van der Waals surface area contributed by atoms with Gasteiger partial charge in [-0.05, 0) is 24.3 Å². The zero-order valence-electron chi connectivity index (χ0n) is 10.8. The summed E-state index contributed by atoms with van der Waals surface area (Å²) >= 11 is 5.66. The molecule has 2 aromatic carbocycles. The van der Waals surface area contributed by atoms with Crippen LogP contribution in [0.1, 0.15) is 6.42 Å². The molecule has 0 heterocycles. The van der Waals surface area contributed by atoms with Gasteiger partial charge >= 0.3 is 0 Å². The Kier molecular flexibility index (Phi) is 5.07. The second-order valence-electron chi connectivity index (χ2n) is 4.20. The van der Waals surface area contributed by atoms with Gasteiger partial charge in [-0.25, -0.2) is 4.39 Å². The maximum atomic E-state index is 12.9. The molecule has 0 aliphatic heterocycles. The van der Waals surface area contributed by atoms with Crippen molar-refractivity contribution in [2.75, 3.05) is 18.9 Å². The maximum absolute atomic E-state index is 12.9. The second kappa shape index (κ2) is 7.01. The van der Waals surface area contributed by atoms with E-state index in [0.717, 1.165) is 5.75 Å². The van der Waals surface area contributed by atoms with Gasteiger partial charge in [0.1, 0.15) is 17.3 Å². The van der Waals surface area contributed by atoms with Crippen LogP contribution in [0.5, 0.6) is 11.5 Å². The van der Waals surface area contributed by atoms with Crippen molar-refractivity contribution < 1.29 is 13.9 Å². The first-order valence-electron chi connectivity index (χ1n) is 6.21. The largest absolute Gasteiger partial charge is 0.493 e. The highest BCUT2D eigenvalue weighted by Gasteiger charge is 2.01. The number of hydrogen-bond donors (Lipinski definition) is 1. The lowest BCUT2D eigenvalue weighted by atomic mass is 10.3. The van der Waals surface area contributed by atoms with Crippen molar-refractivity contribution in [1.82, 2.24) is 0 Å². The van der Waals surface area contributed by atoms with Gasteiger partial charge in [0.05, 0.1) is 18.2 Å². The van der Waals surface area contributed by atoms with Crippen LogP contribution in [0.4, 0.5) is 10.1 Å². The van der Waals surface area contributed by atoms with Crippen molar-refractivity contribution in [3.63, 3.8) is 0 Å². The van der Waals surface area contributed by atoms with Gasteiger partial charge in [-0.1, -0.05) is 17.7 Å². The van der Waals surface area contributed by atoms with Crippen LogP contribution in [-0.4, -0.2) is 13.2 Å². The van der Waals surface area contributed by atoms with Gasteiger partial charge in [0.2, 0.25) is 0 Å². The lowest BCUT2D eigenvalue weighted by molar-refractivity contribution is 0.247. The van der Waals surface area contributed by atoms with E-state index in [4.69, 9.17) is 26.8 Å². The Labute approximate surface area is 122 Å². The van der Waals surface area contributed by atoms with Gasteiger partial charge in [-0.2, -0.15) is 0 Å². The normalized spacial score (nSPS) is 10.3. The fraction of sp³-hybridized carbons (Fsp3) is 0.200. The zero-order chi connectivity index (χ0) is 14.4. The van der Waals surface area contributed by atoms with E-state index in [1.807, 2.05) is 12.1 Å². The minimum Gasteiger partial charge on any atom is -0.493 e. The van der Waals surface area contributed by atoms with Crippen LogP contribution < -0.4 is 15.2 Å². The molecule has 0 amide bonds. The van der Waals surface area contributed by atoms with E-state index < -0.39 is 5.82 Å². The van der Waals surface area contributed by atoms with Gasteiger partial charge in [-0.15, -0.1) is 0 Å². The van der Waals surface area contributed by atoms with Gasteiger partial charge in [0.25, 0.3) is 0 Å². The number of hydrogen-bond acceptors (Lipinski definition) is 3. The molecule has 5 heteroatoms. The topological polar surface area (TPSA) is 44.5 Å². The van der Waals surface area contributed by atoms with Gasteiger partial charge in [0.15, 0.2) is 0 Å². The number of anilines is 1. The number of halogens is 2. The molecule has 0 saturated carbocycles. The van der Waals surface area contributed by atoms with Crippen molar-refractivity contribution in [3.8, 4) is 11.5 Å². The Hall–Kier alpha value is -1.94. The highest BCUT2D eigenvalue weighted by atomic mass is 35.5. The standard InChI is InChI=1S/C15H15ClFNO2/c16-14-10-13(5-6-15(14)17)20-8-2-7-19-12-4-1-3-11(18)9-12/h1,3-6,9-10H,2,7-8,18H2. The summed E-state index contributed by atoms with van der Waals surface area (Å²) < 4.78 is 23.9. The predicted octanol–water partition coefficient (Wildman–Crippen LogP) is 3.91. The third-order valence-corrected chi connectivity index (χ3v) is 2.86. The van der Waals surface area contributed by atoms with Crippen LogP contribution in [0.3, 0.4) is 0 Å². The van der Waals surface area contributed by atoms with Crippen molar-refractivity contribution in [3.05, 3.63) is 53.3 Å². The Morgan fingerprint density at radius 1 is 1.00 bits per heavy atom. The van der Waals surface area contributed by atoms with E-state index in [0.29, 0.717) is 31.1 Å². The van der Waals surface area contributed by atoms with E-state index >= 15 is 0 Å². The minimum absolute atomic E-state index is 0.0542. The van der Waals surface area contributed by atoms with Crippen LogP contribution in [0.25, 0.3) is 0 Å². The monoisotopic (exact) mass is 295 g/mol. The molecular formula is C15H15ClFNO2. The third kappa shape index (κ3) is 4.31. The average Bonchev–Trinajstić information content (AvgIpc) is 2.42. The van der Waals surface area contributed by atoms with Crippen molar-refractivity contribution in [2.24, 2.45) is 0 Å². The number of nitrogens with two attached hydrogens (primary N) is 1. The van der Waals surface area contributed by atoms with Gasteiger partial charge in [-0.3, -0.25) is 0 Å². The summed E-state index contributed by atoms with van der Waals surface area (Å²) in [6, 6.07) is 11.5. The molecule has 0 aliphatic carbocycles. The molecule has 0 aromatic heterocycles. The molecule has 2 rings (SSSR count). The first kappa shape index (κ1) is 14.5. The number of nitrogen functional groups attached to an aromatic ring is 1. The minimum atomic E-state index is -0.455. The third-order valence-electron chi connectivity index (χ3n) is 2.58. The first-order chi connectivity index (χ1) is 9.65. The Bertz CT molecular complexity index is 578. The molecule has 0 atom stereocenters. The molecule has 20 heavy (non-hydrogen) atoms. The van der Waals surface area contributed by atoms with Crippen LogP contribution in [0, 0.1) is 5.82 Å². The smallest absolute Gasteiger partial charge is 0.142 e. The van der Waals surface area contributed by atoms with Crippen LogP contribution in [0.15, 0.2) is 42.5 Å². The predicted molar refractivity (Wildman–Crippen MR) is 77.9 cm³/mol. The van der Waals surface area contributed by atoms with Crippen molar-refractivity contribution in [2.45, 2.75) is 6.42 Å². The number of rotatable bonds is 6. The zero-order valence-corrected chi connectivity index (χ0v) is 11.6. The highest BCUT2D eigenvalue weighted by molar-refractivity contribution is 6.30. The molecule has 3 nitrogen and oxygen atoms in total. The van der Waals surface area contributed by atoms with Crippen LogP contribution in [0.2, 0.25) is 5.02 Å². The van der Waals surface area contributed by atoms with E-state index in [1.165, 1.54) is 12.1 Å². The van der Waals surface area contributed by atoms with Crippen LogP contribution >= 0.6 is 11.6 Å². The lowest BCUT2D eigenvalue weighted by Gasteiger charge is -2.08. The van der Waals surface area contributed by atoms with Gasteiger partial charge in [0, 0.05) is 24.2 Å². The molecule has 0 aliphatic rings. The fourth-order valence-corrected chi connectivity index (χ4v) is 1.78. The molecule has 106 valence electrons. The molecule has 0 bridgehead atoms. The van der Waals surface area contributed by atoms with Crippen LogP contribution in [-0.2, 0) is 0 Å². The molecular weight excluding hydrogens is 281 g/mol. The average molecular weight is 296 g/mol. The van der Waals surface area contributed by atoms with Crippen molar-refractivity contribution >= 4 is 17.3 Å². The molecule has 0 fully saturated rings. The molecule has 2 N–H and O–H groups in total. The summed E-state index contributed by atoms with van der Waals surface area (Å²) in [6.45, 7) is 0.975. The molecule has 0 saturated heterocycles. The quantitative estimate of drug-likeness (QED) is 0.649. The van der Waals surface area contributed by atoms with Gasteiger partial charge < -0.3 is 15.2 Å². The van der Waals surface area contributed by atoms with E-state index in [9.17, 15) is 4.39 Å². The summed E-state index contributed by atoms with van der Waals surface area (Å²) in [6.07, 6.45) is 0.698. The highest BCUT2D eigenvalue weighted by Crippen LogP contribution is 2.21. The van der Waals surface area contributed by atoms with Crippen molar-refractivity contribution in [1.29, 1.82) is 0 Å². The molecule has 2 aromatic rings. The SMILES string of the molecule is Nc1cccc(OCCCOc2ccc(F)c(Cl)c2)c1. The van der Waals surface area contributed by atoms with E-state index in [2.05, 4.69) is 0 Å². The summed E-state index contributed by atoms with van der Waals surface area (Å²) in [4.78, 5) is 0. The van der Waals surface area contributed by atoms with E-state index in [-0.39, 0.29) is 5.02 Å². The fourth-order valence-electron chi connectivity index (χ4n) is 1.61. The summed E-state index contributed by atoms with van der Waals surface area (Å²) in [5, 5.41) is 0.0542. The Morgan fingerprint density at radius 3 is 2.35 bits per heavy atom. The molecule has 0 radical (unpaired) electrons.